The summed E-state index contributed by atoms with van der Waals surface area (Å²) in [4.78, 5) is 16.0. The first-order valence-electron chi connectivity index (χ1n) is 9.85. The van der Waals surface area contributed by atoms with Gasteiger partial charge in [-0.15, -0.1) is 0 Å². The average Bonchev–Trinajstić information content (AvgIpc) is 3.05. The number of hydrogen-bond donors (Lipinski definition) is 1. The fourth-order valence-corrected chi connectivity index (χ4v) is 4.14. The van der Waals surface area contributed by atoms with Gasteiger partial charge in [-0.1, -0.05) is 41.9 Å². The third-order valence-corrected chi connectivity index (χ3v) is 5.97. The van der Waals surface area contributed by atoms with E-state index in [1.54, 1.807) is 12.3 Å². The molecule has 5 rings (SSSR count). The molecule has 152 valence electrons. The average molecular weight is 427 g/mol. The van der Waals surface area contributed by atoms with Gasteiger partial charge in [0, 0.05) is 23.0 Å². The van der Waals surface area contributed by atoms with Crippen LogP contribution in [0.1, 0.15) is 15.9 Å². The van der Waals surface area contributed by atoms with E-state index in [9.17, 15) is 4.79 Å². The lowest BCUT2D eigenvalue weighted by atomic mass is 10.0. The van der Waals surface area contributed by atoms with Crippen LogP contribution in [0.25, 0.3) is 38.8 Å². The van der Waals surface area contributed by atoms with Crippen LogP contribution in [0.5, 0.6) is 0 Å². The summed E-state index contributed by atoms with van der Waals surface area (Å²) < 4.78 is 3.71. The highest BCUT2D eigenvalue weighted by atomic mass is 35.5. The van der Waals surface area contributed by atoms with Gasteiger partial charge < -0.3 is 4.57 Å². The van der Waals surface area contributed by atoms with Crippen molar-refractivity contribution in [1.82, 2.24) is 14.1 Å². The van der Waals surface area contributed by atoms with Crippen LogP contribution in [0.2, 0.25) is 5.02 Å². The monoisotopic (exact) mass is 426 g/mol. The number of fused-ring (bicyclic) bond motifs is 3. The van der Waals surface area contributed by atoms with E-state index in [1.807, 2.05) is 71.6 Å². The summed E-state index contributed by atoms with van der Waals surface area (Å²) in [6.45, 7) is 1.98. The quantitative estimate of drug-likeness (QED) is 0.390. The van der Waals surface area contributed by atoms with Crippen LogP contribution in [0, 0.1) is 12.3 Å². The van der Waals surface area contributed by atoms with Gasteiger partial charge in [0.1, 0.15) is 6.29 Å². The lowest BCUT2D eigenvalue weighted by Gasteiger charge is -2.11. The molecule has 0 aliphatic carbocycles. The van der Waals surface area contributed by atoms with Crippen LogP contribution in [0.4, 0.5) is 0 Å². The molecule has 0 aliphatic heterocycles. The van der Waals surface area contributed by atoms with E-state index < -0.39 is 0 Å². The molecule has 31 heavy (non-hydrogen) atoms. The van der Waals surface area contributed by atoms with Gasteiger partial charge in [0.05, 0.1) is 28.4 Å². The molecular weight excluding hydrogens is 408 g/mol. The maximum Gasteiger partial charge on any atom is 0.207 e. The SMILES string of the molecule is Cc1ccc(C=O)cc1-n1c(=N)n(C)c2cnc3ccc(-c4ccc(Cl)cc4)cc3c21. The number of nitrogens with one attached hydrogen (secondary N) is 1. The van der Waals surface area contributed by atoms with Crippen molar-refractivity contribution in [3.8, 4) is 16.8 Å². The van der Waals surface area contributed by atoms with Gasteiger partial charge in [-0.05, 0) is 53.9 Å². The number of rotatable bonds is 3. The van der Waals surface area contributed by atoms with Crippen LogP contribution in [-0.2, 0) is 7.05 Å². The van der Waals surface area contributed by atoms with Crippen molar-refractivity contribution in [2.45, 2.75) is 6.92 Å². The topological polar surface area (TPSA) is 63.7 Å². The lowest BCUT2D eigenvalue weighted by molar-refractivity contribution is 0.112. The predicted octanol–water partition coefficient (Wildman–Crippen LogP) is 5.44. The Morgan fingerprint density at radius 2 is 1.74 bits per heavy atom. The molecule has 3 aromatic carbocycles. The molecule has 0 saturated carbocycles. The van der Waals surface area contributed by atoms with Crippen molar-refractivity contribution in [2.24, 2.45) is 7.05 Å². The van der Waals surface area contributed by atoms with Crippen molar-refractivity contribution < 1.29 is 4.79 Å². The Kier molecular flexibility index (Phi) is 4.49. The van der Waals surface area contributed by atoms with E-state index in [1.165, 1.54) is 0 Å². The minimum absolute atomic E-state index is 0.312. The third kappa shape index (κ3) is 3.05. The predicted molar refractivity (Wildman–Crippen MR) is 124 cm³/mol. The van der Waals surface area contributed by atoms with Crippen molar-refractivity contribution in [3.05, 3.63) is 88.6 Å². The van der Waals surface area contributed by atoms with Crippen LogP contribution in [0.15, 0.2) is 66.9 Å². The first-order valence-corrected chi connectivity index (χ1v) is 10.2. The largest absolute Gasteiger partial charge is 0.312 e. The molecule has 6 heteroatoms. The molecular formula is C25H19ClN4O. The molecule has 5 nitrogen and oxygen atoms in total. The maximum atomic E-state index is 11.4. The van der Waals surface area contributed by atoms with Crippen molar-refractivity contribution in [2.75, 3.05) is 0 Å². The number of carbonyl (C=O) groups is 1. The number of pyridine rings is 1. The molecule has 2 heterocycles. The molecule has 0 amide bonds. The molecule has 0 bridgehead atoms. The van der Waals surface area contributed by atoms with E-state index in [2.05, 4.69) is 11.1 Å². The first-order chi connectivity index (χ1) is 15.0. The lowest BCUT2D eigenvalue weighted by Crippen LogP contribution is -2.22. The van der Waals surface area contributed by atoms with Crippen molar-refractivity contribution in [3.63, 3.8) is 0 Å². The van der Waals surface area contributed by atoms with Crippen LogP contribution in [0.3, 0.4) is 0 Å². The Hall–Kier alpha value is -3.70. The Balaban J connectivity index is 1.89. The highest BCUT2D eigenvalue weighted by Crippen LogP contribution is 2.31. The Morgan fingerprint density at radius 3 is 2.48 bits per heavy atom. The second-order valence-electron chi connectivity index (χ2n) is 7.61. The van der Waals surface area contributed by atoms with Crippen LogP contribution >= 0.6 is 11.6 Å². The summed E-state index contributed by atoms with van der Waals surface area (Å²) in [5.74, 6) is 0. The molecule has 5 aromatic rings. The van der Waals surface area contributed by atoms with Gasteiger partial charge in [0.2, 0.25) is 5.62 Å². The molecule has 0 fully saturated rings. The fraction of sp³-hybridized carbons (Fsp3) is 0.0800. The normalized spacial score (nSPS) is 11.3. The number of imidazole rings is 1. The minimum Gasteiger partial charge on any atom is -0.312 e. The molecule has 0 atom stereocenters. The smallest absolute Gasteiger partial charge is 0.207 e. The van der Waals surface area contributed by atoms with E-state index in [-0.39, 0.29) is 0 Å². The second-order valence-corrected chi connectivity index (χ2v) is 8.05. The van der Waals surface area contributed by atoms with Gasteiger partial charge >= 0.3 is 0 Å². The Bertz CT molecular complexity index is 1540. The standard InChI is InChI=1S/C25H19ClN4O/c1-15-3-4-16(14-31)11-22(15)30-24-20-12-18(17-5-8-19(26)9-6-17)7-10-21(20)28-13-23(24)29(2)25(30)27/h3-14,27H,1-2H3. The first kappa shape index (κ1) is 19.3. The van der Waals surface area contributed by atoms with Gasteiger partial charge in [-0.3, -0.25) is 19.8 Å². The van der Waals surface area contributed by atoms with E-state index >= 15 is 0 Å². The molecule has 1 N–H and O–H groups in total. The zero-order valence-electron chi connectivity index (χ0n) is 17.1. The highest BCUT2D eigenvalue weighted by molar-refractivity contribution is 6.30. The number of aryl methyl sites for hydroxylation is 2. The van der Waals surface area contributed by atoms with Gasteiger partial charge in [-0.2, -0.15) is 0 Å². The van der Waals surface area contributed by atoms with Crippen LogP contribution in [-0.4, -0.2) is 20.4 Å². The number of aldehydes is 1. The summed E-state index contributed by atoms with van der Waals surface area (Å²) in [5, 5.41) is 10.4. The third-order valence-electron chi connectivity index (χ3n) is 5.72. The number of hydrogen-bond acceptors (Lipinski definition) is 3. The van der Waals surface area contributed by atoms with Gasteiger partial charge in [0.25, 0.3) is 0 Å². The summed E-state index contributed by atoms with van der Waals surface area (Å²) in [5.41, 5.74) is 7.35. The zero-order chi connectivity index (χ0) is 21.7. The summed E-state index contributed by atoms with van der Waals surface area (Å²) >= 11 is 6.06. The minimum atomic E-state index is 0.312. The molecule has 0 aliphatic rings. The van der Waals surface area contributed by atoms with Crippen molar-refractivity contribution >= 4 is 39.8 Å². The summed E-state index contributed by atoms with van der Waals surface area (Å²) in [6, 6.07) is 19.4. The van der Waals surface area contributed by atoms with E-state index in [0.29, 0.717) is 16.2 Å². The van der Waals surface area contributed by atoms with E-state index in [4.69, 9.17) is 17.0 Å². The molecule has 0 spiro atoms. The number of nitrogens with zero attached hydrogens (tertiary/aromatic N) is 3. The Labute approximate surface area is 183 Å². The van der Waals surface area contributed by atoms with E-state index in [0.717, 1.165) is 50.6 Å². The second kappa shape index (κ2) is 7.22. The van der Waals surface area contributed by atoms with Gasteiger partial charge in [0.15, 0.2) is 0 Å². The fourth-order valence-electron chi connectivity index (χ4n) is 4.02. The number of benzene rings is 3. The summed E-state index contributed by atoms with van der Waals surface area (Å²) in [6.07, 6.45) is 2.63. The Morgan fingerprint density at radius 1 is 1.00 bits per heavy atom. The highest BCUT2D eigenvalue weighted by Gasteiger charge is 2.16. The molecule has 0 saturated heterocycles. The molecule has 0 unspecified atom stereocenters. The maximum absolute atomic E-state index is 11.4. The number of carbonyl (C=O) groups excluding carboxylic acids is 1. The van der Waals surface area contributed by atoms with Gasteiger partial charge in [-0.25, -0.2) is 0 Å². The summed E-state index contributed by atoms with van der Waals surface area (Å²) in [7, 11) is 1.86. The molecule has 2 aromatic heterocycles. The molecule has 0 radical (unpaired) electrons. The number of halogens is 1. The van der Waals surface area contributed by atoms with Crippen molar-refractivity contribution in [1.29, 1.82) is 5.41 Å². The van der Waals surface area contributed by atoms with Crippen LogP contribution < -0.4 is 5.62 Å². The number of aromatic nitrogens is 3. The zero-order valence-corrected chi connectivity index (χ0v) is 17.8.